The molecule has 0 saturated heterocycles. The molecule has 1 saturated carbocycles. The van der Waals surface area contributed by atoms with Crippen LogP contribution in [0.2, 0.25) is 0 Å². The molecule has 94 valence electrons. The first-order valence-electron chi connectivity index (χ1n) is 6.15. The van der Waals surface area contributed by atoms with E-state index >= 15 is 0 Å². The maximum atomic E-state index is 5.77. The summed E-state index contributed by atoms with van der Waals surface area (Å²) in [5.74, 6) is 2.19. The van der Waals surface area contributed by atoms with Gasteiger partial charge in [-0.2, -0.15) is 9.97 Å². The van der Waals surface area contributed by atoms with E-state index in [4.69, 9.17) is 5.73 Å². The molecule has 1 aliphatic rings. The van der Waals surface area contributed by atoms with Crippen molar-refractivity contribution >= 4 is 27.5 Å². The predicted octanol–water partition coefficient (Wildman–Crippen LogP) is 2.61. The number of rotatable bonds is 2. The number of aromatic nitrogens is 4. The molecule has 0 atom stereocenters. The third-order valence-corrected chi connectivity index (χ3v) is 4.03. The second-order valence-corrected chi connectivity index (χ2v) is 5.63. The van der Waals surface area contributed by atoms with E-state index in [1.165, 1.54) is 0 Å². The average molecular weight is 269 g/mol. The fourth-order valence-corrected chi connectivity index (χ4v) is 2.81. The molecule has 0 bridgehead atoms. The van der Waals surface area contributed by atoms with Gasteiger partial charge in [0.15, 0.2) is 5.82 Å². The lowest BCUT2D eigenvalue weighted by Gasteiger charge is -2.04. The predicted molar refractivity (Wildman–Crippen MR) is 74.8 cm³/mol. The Morgan fingerprint density at radius 3 is 2.95 bits per heavy atom. The van der Waals surface area contributed by atoms with Gasteiger partial charge in [-0.1, -0.05) is 0 Å². The van der Waals surface area contributed by atoms with E-state index in [1.807, 2.05) is 11.4 Å². The molecule has 0 spiro atoms. The largest absolute Gasteiger partial charge is 0.368 e. The number of hydrogen-bond donors (Lipinski definition) is 1. The summed E-state index contributed by atoms with van der Waals surface area (Å²) < 4.78 is 1.13. The van der Waals surface area contributed by atoms with Gasteiger partial charge in [0.1, 0.15) is 5.82 Å². The van der Waals surface area contributed by atoms with E-state index in [1.54, 1.807) is 17.5 Å². The smallest absolute Gasteiger partial charge is 0.223 e. The zero-order chi connectivity index (χ0) is 12.8. The van der Waals surface area contributed by atoms with Crippen LogP contribution in [0.4, 0.5) is 5.95 Å². The van der Waals surface area contributed by atoms with Gasteiger partial charge in [0.25, 0.3) is 0 Å². The van der Waals surface area contributed by atoms with Crippen molar-refractivity contribution in [2.75, 3.05) is 5.73 Å². The first-order chi connectivity index (χ1) is 9.29. The number of pyridine rings is 1. The van der Waals surface area contributed by atoms with Crippen molar-refractivity contribution < 1.29 is 0 Å². The Bertz CT molecular complexity index is 763. The third kappa shape index (κ3) is 1.94. The Labute approximate surface area is 113 Å². The zero-order valence-electron chi connectivity index (χ0n) is 10.1. The van der Waals surface area contributed by atoms with E-state index in [0.717, 1.165) is 34.4 Å². The number of anilines is 1. The van der Waals surface area contributed by atoms with Crippen molar-refractivity contribution in [2.45, 2.75) is 18.8 Å². The van der Waals surface area contributed by atoms with Gasteiger partial charge < -0.3 is 5.73 Å². The topological polar surface area (TPSA) is 77.6 Å². The van der Waals surface area contributed by atoms with Crippen LogP contribution in [0.5, 0.6) is 0 Å². The van der Waals surface area contributed by atoms with Gasteiger partial charge in [-0.05, 0) is 30.4 Å². The molecule has 6 heteroatoms. The highest BCUT2D eigenvalue weighted by molar-refractivity contribution is 7.17. The van der Waals surface area contributed by atoms with E-state index in [0.29, 0.717) is 11.7 Å². The van der Waals surface area contributed by atoms with Gasteiger partial charge >= 0.3 is 0 Å². The van der Waals surface area contributed by atoms with Crippen LogP contribution in [0.15, 0.2) is 23.7 Å². The highest BCUT2D eigenvalue weighted by Crippen LogP contribution is 2.38. The fourth-order valence-electron chi connectivity index (χ4n) is 2.03. The Morgan fingerprint density at radius 1 is 1.21 bits per heavy atom. The highest BCUT2D eigenvalue weighted by Gasteiger charge is 2.27. The van der Waals surface area contributed by atoms with Gasteiger partial charge in [-0.25, -0.2) is 4.98 Å². The van der Waals surface area contributed by atoms with Crippen molar-refractivity contribution in [3.05, 3.63) is 29.5 Å². The lowest BCUT2D eigenvalue weighted by atomic mass is 10.2. The lowest BCUT2D eigenvalue weighted by Crippen LogP contribution is -2.04. The minimum absolute atomic E-state index is 0.290. The van der Waals surface area contributed by atoms with E-state index < -0.39 is 0 Å². The Kier molecular flexibility index (Phi) is 2.25. The second kappa shape index (κ2) is 3.96. The molecule has 5 nitrogen and oxygen atoms in total. The average Bonchev–Trinajstić information content (AvgIpc) is 3.16. The number of nitrogens with two attached hydrogens (primary N) is 1. The SMILES string of the molecule is Nc1nc(-c2cnc3ccsc3c2)nc(C2CC2)n1. The minimum Gasteiger partial charge on any atom is -0.368 e. The van der Waals surface area contributed by atoms with E-state index in [2.05, 4.69) is 26.0 Å². The molecule has 3 aromatic heterocycles. The molecule has 4 rings (SSSR count). The summed E-state index contributed by atoms with van der Waals surface area (Å²) in [6, 6.07) is 4.06. The standard InChI is InChI=1S/C13H11N5S/c14-13-17-11(7-1-2-7)16-12(18-13)8-5-10-9(15-6-8)3-4-19-10/h3-7H,1-2H2,(H2,14,16,17,18). The maximum absolute atomic E-state index is 5.77. The van der Waals surface area contributed by atoms with Crippen LogP contribution in [-0.2, 0) is 0 Å². The molecule has 3 heterocycles. The van der Waals surface area contributed by atoms with Crippen molar-refractivity contribution in [2.24, 2.45) is 0 Å². The summed E-state index contributed by atoms with van der Waals surface area (Å²) in [4.78, 5) is 17.4. The Balaban J connectivity index is 1.85. The molecule has 2 N–H and O–H groups in total. The highest BCUT2D eigenvalue weighted by atomic mass is 32.1. The zero-order valence-corrected chi connectivity index (χ0v) is 10.9. The van der Waals surface area contributed by atoms with E-state index in [9.17, 15) is 0 Å². The maximum Gasteiger partial charge on any atom is 0.223 e. The fraction of sp³-hybridized carbons (Fsp3) is 0.231. The number of thiophene rings is 1. The van der Waals surface area contributed by atoms with Gasteiger partial charge in [0.2, 0.25) is 5.95 Å². The van der Waals surface area contributed by atoms with Gasteiger partial charge in [0, 0.05) is 17.7 Å². The third-order valence-electron chi connectivity index (χ3n) is 3.17. The van der Waals surface area contributed by atoms with Gasteiger partial charge in [0.05, 0.1) is 10.2 Å². The lowest BCUT2D eigenvalue weighted by molar-refractivity contribution is 0.902. The second-order valence-electron chi connectivity index (χ2n) is 4.68. The minimum atomic E-state index is 0.290. The number of nitrogens with zero attached hydrogens (tertiary/aromatic N) is 4. The quantitative estimate of drug-likeness (QED) is 0.773. The molecular formula is C13H11N5S. The van der Waals surface area contributed by atoms with Crippen LogP contribution in [0.25, 0.3) is 21.6 Å². The molecule has 1 fully saturated rings. The summed E-state index contributed by atoms with van der Waals surface area (Å²) in [5.41, 5.74) is 7.67. The van der Waals surface area contributed by atoms with Crippen LogP contribution in [0.3, 0.4) is 0 Å². The summed E-state index contributed by atoms with van der Waals surface area (Å²) in [5, 5.41) is 2.03. The normalized spacial score (nSPS) is 14.9. The van der Waals surface area contributed by atoms with Crippen LogP contribution in [0, 0.1) is 0 Å². The van der Waals surface area contributed by atoms with Crippen LogP contribution in [-0.4, -0.2) is 19.9 Å². The Morgan fingerprint density at radius 2 is 2.11 bits per heavy atom. The van der Waals surface area contributed by atoms with Gasteiger partial charge in [-0.15, -0.1) is 11.3 Å². The monoisotopic (exact) mass is 269 g/mol. The summed E-state index contributed by atoms with van der Waals surface area (Å²) in [7, 11) is 0. The van der Waals surface area contributed by atoms with Crippen LogP contribution >= 0.6 is 11.3 Å². The van der Waals surface area contributed by atoms with Gasteiger partial charge in [-0.3, -0.25) is 4.98 Å². The molecular weight excluding hydrogens is 258 g/mol. The molecule has 0 amide bonds. The van der Waals surface area contributed by atoms with Crippen molar-refractivity contribution in [1.82, 2.24) is 19.9 Å². The molecule has 0 aromatic carbocycles. The molecule has 0 radical (unpaired) electrons. The van der Waals surface area contributed by atoms with Crippen LogP contribution < -0.4 is 5.73 Å². The summed E-state index contributed by atoms with van der Waals surface area (Å²) in [6.07, 6.45) is 4.08. The molecule has 1 aliphatic carbocycles. The molecule has 0 unspecified atom stereocenters. The van der Waals surface area contributed by atoms with Crippen molar-refractivity contribution in [1.29, 1.82) is 0 Å². The molecule has 3 aromatic rings. The van der Waals surface area contributed by atoms with Crippen molar-refractivity contribution in [3.8, 4) is 11.4 Å². The number of fused-ring (bicyclic) bond motifs is 1. The first kappa shape index (κ1) is 10.8. The molecule has 0 aliphatic heterocycles. The summed E-state index contributed by atoms with van der Waals surface area (Å²) in [6.45, 7) is 0. The first-order valence-corrected chi connectivity index (χ1v) is 7.02. The number of hydrogen-bond acceptors (Lipinski definition) is 6. The summed E-state index contributed by atoms with van der Waals surface area (Å²) >= 11 is 1.66. The Hall–Kier alpha value is -2.08. The molecule has 19 heavy (non-hydrogen) atoms. The number of nitrogen functional groups attached to an aromatic ring is 1. The van der Waals surface area contributed by atoms with Crippen LogP contribution in [0.1, 0.15) is 24.6 Å². The van der Waals surface area contributed by atoms with E-state index in [-0.39, 0.29) is 5.95 Å². The van der Waals surface area contributed by atoms with Crippen molar-refractivity contribution in [3.63, 3.8) is 0 Å².